The van der Waals surface area contributed by atoms with E-state index in [0.29, 0.717) is 39.3 Å². The third kappa shape index (κ3) is 5.47. The molecule has 0 fully saturated rings. The third-order valence-electron chi connectivity index (χ3n) is 4.71. The molecule has 1 heterocycles. The van der Waals surface area contributed by atoms with Gasteiger partial charge in [0.05, 0.1) is 19.9 Å². The Kier molecular flexibility index (Phi) is 6.84. The van der Waals surface area contributed by atoms with Crippen molar-refractivity contribution < 1.29 is 18.7 Å². The highest BCUT2D eigenvalue weighted by molar-refractivity contribution is 7.98. The van der Waals surface area contributed by atoms with Crippen molar-refractivity contribution in [3.63, 3.8) is 0 Å². The van der Waals surface area contributed by atoms with Crippen LogP contribution in [0.2, 0.25) is 0 Å². The lowest BCUT2D eigenvalue weighted by Gasteiger charge is -2.10. The Morgan fingerprint density at radius 1 is 1.00 bits per heavy atom. The number of anilines is 1. The Morgan fingerprint density at radius 3 is 2.30 bits per heavy atom. The molecule has 0 atom stereocenters. The molecule has 8 nitrogen and oxygen atoms in total. The highest BCUT2D eigenvalue weighted by Crippen LogP contribution is 2.26. The summed E-state index contributed by atoms with van der Waals surface area (Å²) in [6.07, 6.45) is 0. The standard InChI is InChI=1S/C23H20FN5O3S/c1-31-20-11-18(12-21(13-20)32-2)25-22(30)16-5-9-19(10-6-16)29-23(26-27-28-29)33-14-15-3-7-17(24)8-4-15/h3-13H,14H2,1-2H3,(H,25,30). The molecule has 0 bridgehead atoms. The molecule has 4 aromatic rings. The van der Waals surface area contributed by atoms with Crippen LogP contribution in [0.4, 0.5) is 10.1 Å². The zero-order valence-electron chi connectivity index (χ0n) is 17.9. The number of nitrogens with zero attached hydrogens (tertiary/aromatic N) is 4. The summed E-state index contributed by atoms with van der Waals surface area (Å²) in [5.74, 6) is 1.18. The van der Waals surface area contributed by atoms with Crippen molar-refractivity contribution in [2.45, 2.75) is 10.9 Å². The first kappa shape index (κ1) is 22.3. The number of ether oxygens (including phenoxy) is 2. The van der Waals surface area contributed by atoms with E-state index in [1.54, 1.807) is 73.5 Å². The number of benzene rings is 3. The number of halogens is 1. The summed E-state index contributed by atoms with van der Waals surface area (Å²) in [5, 5.41) is 15.3. The first-order chi connectivity index (χ1) is 16.1. The number of hydrogen-bond donors (Lipinski definition) is 1. The van der Waals surface area contributed by atoms with E-state index in [2.05, 4.69) is 20.8 Å². The Balaban J connectivity index is 1.45. The highest BCUT2D eigenvalue weighted by Gasteiger charge is 2.12. The van der Waals surface area contributed by atoms with E-state index in [9.17, 15) is 9.18 Å². The molecular weight excluding hydrogens is 445 g/mol. The number of methoxy groups -OCH3 is 2. The van der Waals surface area contributed by atoms with Gasteiger partial charge < -0.3 is 14.8 Å². The second kappa shape index (κ2) is 10.1. The fourth-order valence-electron chi connectivity index (χ4n) is 3.00. The molecule has 1 N–H and O–H groups in total. The Bertz CT molecular complexity index is 1220. The van der Waals surface area contributed by atoms with Gasteiger partial charge in [-0.15, -0.1) is 5.10 Å². The van der Waals surface area contributed by atoms with Gasteiger partial charge >= 0.3 is 0 Å². The van der Waals surface area contributed by atoms with E-state index in [-0.39, 0.29) is 11.7 Å². The Labute approximate surface area is 193 Å². The maximum absolute atomic E-state index is 13.1. The van der Waals surface area contributed by atoms with Crippen LogP contribution in [-0.2, 0) is 5.75 Å². The van der Waals surface area contributed by atoms with E-state index in [1.165, 1.54) is 23.9 Å². The lowest BCUT2D eigenvalue weighted by molar-refractivity contribution is 0.102. The van der Waals surface area contributed by atoms with Crippen LogP contribution in [-0.4, -0.2) is 40.3 Å². The number of aromatic nitrogens is 4. The molecule has 168 valence electrons. The van der Waals surface area contributed by atoms with Crippen molar-refractivity contribution in [3.05, 3.63) is 83.7 Å². The molecule has 0 saturated carbocycles. The summed E-state index contributed by atoms with van der Waals surface area (Å²) < 4.78 is 25.1. The van der Waals surface area contributed by atoms with E-state index in [0.717, 1.165) is 5.56 Å². The molecule has 1 amide bonds. The molecule has 33 heavy (non-hydrogen) atoms. The summed E-state index contributed by atoms with van der Waals surface area (Å²) in [5.41, 5.74) is 2.69. The molecule has 3 aromatic carbocycles. The van der Waals surface area contributed by atoms with Crippen LogP contribution in [0.5, 0.6) is 11.5 Å². The van der Waals surface area contributed by atoms with Gasteiger partial charge in [-0.25, -0.2) is 4.39 Å². The smallest absolute Gasteiger partial charge is 0.255 e. The predicted molar refractivity (Wildman–Crippen MR) is 123 cm³/mol. The summed E-state index contributed by atoms with van der Waals surface area (Å²) in [6.45, 7) is 0. The van der Waals surface area contributed by atoms with Crippen LogP contribution in [0.1, 0.15) is 15.9 Å². The van der Waals surface area contributed by atoms with Crippen LogP contribution >= 0.6 is 11.8 Å². The van der Waals surface area contributed by atoms with Crippen LogP contribution < -0.4 is 14.8 Å². The fourth-order valence-corrected chi connectivity index (χ4v) is 3.84. The van der Waals surface area contributed by atoms with Crippen LogP contribution in [0, 0.1) is 5.82 Å². The maximum Gasteiger partial charge on any atom is 0.255 e. The van der Waals surface area contributed by atoms with Crippen molar-refractivity contribution in [1.82, 2.24) is 20.2 Å². The first-order valence-corrected chi connectivity index (χ1v) is 10.8. The number of carbonyl (C=O) groups is 1. The van der Waals surface area contributed by atoms with E-state index < -0.39 is 0 Å². The van der Waals surface area contributed by atoms with Gasteiger partial charge in [0, 0.05) is 35.2 Å². The number of tetrazole rings is 1. The fraction of sp³-hybridized carbons (Fsp3) is 0.130. The normalized spacial score (nSPS) is 10.6. The average Bonchev–Trinajstić information content (AvgIpc) is 3.32. The molecule has 10 heteroatoms. The molecule has 0 unspecified atom stereocenters. The van der Waals surface area contributed by atoms with Gasteiger partial charge in [0.25, 0.3) is 5.91 Å². The van der Waals surface area contributed by atoms with Gasteiger partial charge in [0.1, 0.15) is 17.3 Å². The minimum atomic E-state index is -0.278. The lowest BCUT2D eigenvalue weighted by atomic mass is 10.2. The molecule has 4 rings (SSSR count). The second-order valence-electron chi connectivity index (χ2n) is 6.89. The van der Waals surface area contributed by atoms with Crippen molar-refractivity contribution >= 4 is 23.4 Å². The molecule has 0 saturated heterocycles. The lowest BCUT2D eigenvalue weighted by Crippen LogP contribution is -2.12. The molecule has 0 aliphatic heterocycles. The van der Waals surface area contributed by atoms with Gasteiger partial charge in [-0.2, -0.15) is 4.68 Å². The van der Waals surface area contributed by atoms with Crippen molar-refractivity contribution in [1.29, 1.82) is 0 Å². The average molecular weight is 466 g/mol. The number of hydrogen-bond acceptors (Lipinski definition) is 7. The topological polar surface area (TPSA) is 91.2 Å². The molecule has 0 aliphatic rings. The second-order valence-corrected chi connectivity index (χ2v) is 7.83. The summed E-state index contributed by atoms with van der Waals surface area (Å²) in [6, 6.07) is 18.3. The number of amides is 1. The molecule has 0 aliphatic carbocycles. The Hall–Kier alpha value is -3.92. The summed E-state index contributed by atoms with van der Waals surface area (Å²) >= 11 is 1.43. The first-order valence-electron chi connectivity index (χ1n) is 9.86. The van der Waals surface area contributed by atoms with Crippen molar-refractivity contribution in [3.8, 4) is 17.2 Å². The van der Waals surface area contributed by atoms with Crippen LogP contribution in [0.3, 0.4) is 0 Å². The molecular formula is C23H20FN5O3S. The van der Waals surface area contributed by atoms with Gasteiger partial charge in [0.15, 0.2) is 0 Å². The Morgan fingerprint density at radius 2 is 1.67 bits per heavy atom. The van der Waals surface area contributed by atoms with Crippen LogP contribution in [0.25, 0.3) is 5.69 Å². The molecule has 1 aromatic heterocycles. The zero-order valence-corrected chi connectivity index (χ0v) is 18.7. The minimum absolute atomic E-state index is 0.275. The maximum atomic E-state index is 13.1. The quantitative estimate of drug-likeness (QED) is 0.387. The highest BCUT2D eigenvalue weighted by atomic mass is 32.2. The monoisotopic (exact) mass is 465 g/mol. The summed E-state index contributed by atoms with van der Waals surface area (Å²) in [4.78, 5) is 12.7. The van der Waals surface area contributed by atoms with Crippen LogP contribution in [0.15, 0.2) is 71.9 Å². The van der Waals surface area contributed by atoms with Gasteiger partial charge in [-0.1, -0.05) is 23.9 Å². The minimum Gasteiger partial charge on any atom is -0.497 e. The molecule has 0 spiro atoms. The van der Waals surface area contributed by atoms with E-state index in [4.69, 9.17) is 9.47 Å². The van der Waals surface area contributed by atoms with E-state index >= 15 is 0 Å². The van der Waals surface area contributed by atoms with Crippen molar-refractivity contribution in [2.24, 2.45) is 0 Å². The predicted octanol–water partition coefficient (Wildman–Crippen LogP) is 4.36. The van der Waals surface area contributed by atoms with Gasteiger partial charge in [0.2, 0.25) is 5.16 Å². The van der Waals surface area contributed by atoms with Crippen molar-refractivity contribution in [2.75, 3.05) is 19.5 Å². The molecule has 0 radical (unpaired) electrons. The SMILES string of the molecule is COc1cc(NC(=O)c2ccc(-n3nnnc3SCc3ccc(F)cc3)cc2)cc(OC)c1. The summed E-state index contributed by atoms with van der Waals surface area (Å²) in [7, 11) is 3.09. The number of thioether (sulfide) groups is 1. The zero-order chi connectivity index (χ0) is 23.2. The van der Waals surface area contributed by atoms with E-state index in [1.807, 2.05) is 0 Å². The van der Waals surface area contributed by atoms with Gasteiger partial charge in [-0.05, 0) is 52.4 Å². The number of rotatable bonds is 8. The third-order valence-corrected chi connectivity index (χ3v) is 5.70. The number of carbonyl (C=O) groups excluding carboxylic acids is 1. The largest absolute Gasteiger partial charge is 0.497 e. The van der Waals surface area contributed by atoms with Gasteiger partial charge in [-0.3, -0.25) is 4.79 Å². The number of nitrogens with one attached hydrogen (secondary N) is 1.